The lowest BCUT2D eigenvalue weighted by molar-refractivity contribution is 0.506. The summed E-state index contributed by atoms with van der Waals surface area (Å²) >= 11 is 3.33. The van der Waals surface area contributed by atoms with E-state index in [4.69, 9.17) is 4.42 Å². The molecule has 0 bridgehead atoms. The number of H-pyrrole nitrogens is 1. The van der Waals surface area contributed by atoms with Crippen molar-refractivity contribution < 1.29 is 4.42 Å². The molecule has 3 aromatic heterocycles. The highest BCUT2D eigenvalue weighted by atomic mass is 79.9. The number of rotatable bonds is 4. The molecule has 0 unspecified atom stereocenters. The van der Waals surface area contributed by atoms with Crippen LogP contribution >= 0.6 is 15.9 Å². The second-order valence-corrected chi connectivity index (χ2v) is 4.97. The molecule has 19 heavy (non-hydrogen) atoms. The zero-order chi connectivity index (χ0) is 13.2. The number of furan rings is 1. The molecule has 3 heterocycles. The van der Waals surface area contributed by atoms with Gasteiger partial charge in [-0.15, -0.1) is 0 Å². The van der Waals surface area contributed by atoms with Crippen LogP contribution < -0.4 is 0 Å². The lowest BCUT2D eigenvalue weighted by Crippen LogP contribution is -1.95. The lowest BCUT2D eigenvalue weighted by atomic mass is 10.2. The quantitative estimate of drug-likeness (QED) is 0.800. The Bertz CT molecular complexity index is 670. The summed E-state index contributed by atoms with van der Waals surface area (Å²) in [5.41, 5.74) is 0.868. The lowest BCUT2D eigenvalue weighted by Gasteiger charge is -1.94. The van der Waals surface area contributed by atoms with E-state index in [0.29, 0.717) is 5.82 Å². The number of hydrogen-bond acceptors (Lipinski definition) is 4. The highest BCUT2D eigenvalue weighted by molar-refractivity contribution is 9.10. The molecule has 0 atom stereocenters. The maximum Gasteiger partial charge on any atom is 0.199 e. The summed E-state index contributed by atoms with van der Waals surface area (Å²) in [7, 11) is 1.86. The van der Waals surface area contributed by atoms with E-state index in [1.807, 2.05) is 25.2 Å². The Morgan fingerprint density at radius 1 is 1.42 bits per heavy atom. The normalized spacial score (nSPS) is 11.1. The van der Waals surface area contributed by atoms with Crippen molar-refractivity contribution in [3.05, 3.63) is 40.7 Å². The molecule has 0 fully saturated rings. The van der Waals surface area contributed by atoms with E-state index in [1.165, 1.54) is 0 Å². The minimum absolute atomic E-state index is 0.648. The standard InChI is InChI=1S/C12H12BrN5O/c1-18-9(7-10(13)17-18)12-14-11(15-16-12)5-4-8-3-2-6-19-8/h2-3,6-7H,4-5H2,1H3,(H,14,15,16). The minimum atomic E-state index is 0.648. The molecule has 3 rings (SSSR count). The van der Waals surface area contributed by atoms with E-state index in [9.17, 15) is 0 Å². The highest BCUT2D eigenvalue weighted by Gasteiger charge is 2.11. The molecule has 0 amide bonds. The fraction of sp³-hybridized carbons (Fsp3) is 0.250. The average Bonchev–Trinajstić information content (AvgIpc) is 3.08. The van der Waals surface area contributed by atoms with Crippen molar-refractivity contribution in [2.75, 3.05) is 0 Å². The van der Waals surface area contributed by atoms with Crippen LogP contribution in [0.1, 0.15) is 11.6 Å². The predicted molar refractivity (Wildman–Crippen MR) is 72.4 cm³/mol. The Balaban J connectivity index is 1.74. The van der Waals surface area contributed by atoms with Crippen LogP contribution in [0.25, 0.3) is 11.5 Å². The van der Waals surface area contributed by atoms with E-state index in [1.54, 1.807) is 10.9 Å². The van der Waals surface area contributed by atoms with E-state index in [-0.39, 0.29) is 0 Å². The molecule has 0 aliphatic heterocycles. The van der Waals surface area contributed by atoms with Crippen molar-refractivity contribution in [1.29, 1.82) is 0 Å². The second-order valence-electron chi connectivity index (χ2n) is 4.16. The molecule has 0 radical (unpaired) electrons. The number of hydrogen-bond donors (Lipinski definition) is 1. The maximum atomic E-state index is 5.29. The molecule has 0 saturated heterocycles. The molecule has 98 valence electrons. The van der Waals surface area contributed by atoms with Crippen LogP contribution in [0.15, 0.2) is 33.5 Å². The molecule has 7 heteroatoms. The van der Waals surface area contributed by atoms with Gasteiger partial charge in [0.05, 0.1) is 6.26 Å². The minimum Gasteiger partial charge on any atom is -0.469 e. The smallest absolute Gasteiger partial charge is 0.199 e. The zero-order valence-electron chi connectivity index (χ0n) is 10.3. The predicted octanol–water partition coefficient (Wildman–Crippen LogP) is 2.35. The summed E-state index contributed by atoms with van der Waals surface area (Å²) in [5.74, 6) is 2.43. The van der Waals surface area contributed by atoms with Crippen molar-refractivity contribution in [2.45, 2.75) is 12.8 Å². The summed E-state index contributed by atoms with van der Waals surface area (Å²) in [5, 5.41) is 11.4. The first-order chi connectivity index (χ1) is 9.22. The Kier molecular flexibility index (Phi) is 3.20. The highest BCUT2D eigenvalue weighted by Crippen LogP contribution is 2.18. The number of aromatic amines is 1. The van der Waals surface area contributed by atoms with E-state index in [2.05, 4.69) is 36.2 Å². The van der Waals surface area contributed by atoms with Gasteiger partial charge in [0.25, 0.3) is 0 Å². The SMILES string of the molecule is Cn1nc(Br)cc1-c1n[nH]c(CCc2ccco2)n1. The van der Waals surface area contributed by atoms with Crippen molar-refractivity contribution in [3.63, 3.8) is 0 Å². The van der Waals surface area contributed by atoms with Crippen LogP contribution in [-0.4, -0.2) is 25.0 Å². The fourth-order valence-electron chi connectivity index (χ4n) is 1.86. The molecule has 0 spiro atoms. The molecule has 3 aromatic rings. The van der Waals surface area contributed by atoms with Crippen molar-refractivity contribution in [3.8, 4) is 11.5 Å². The summed E-state index contributed by atoms with van der Waals surface area (Å²) in [6.45, 7) is 0. The monoisotopic (exact) mass is 321 g/mol. The topological polar surface area (TPSA) is 72.5 Å². The van der Waals surface area contributed by atoms with Gasteiger partial charge in [0.2, 0.25) is 0 Å². The van der Waals surface area contributed by atoms with E-state index >= 15 is 0 Å². The van der Waals surface area contributed by atoms with Crippen LogP contribution in [0.3, 0.4) is 0 Å². The third-order valence-corrected chi connectivity index (χ3v) is 3.19. The summed E-state index contributed by atoms with van der Waals surface area (Å²) < 4.78 is 7.80. The van der Waals surface area contributed by atoms with Gasteiger partial charge >= 0.3 is 0 Å². The van der Waals surface area contributed by atoms with Gasteiger partial charge in [0, 0.05) is 26.0 Å². The van der Waals surface area contributed by atoms with Gasteiger partial charge < -0.3 is 4.42 Å². The molecule has 0 aliphatic rings. The number of nitrogens with zero attached hydrogens (tertiary/aromatic N) is 4. The van der Waals surface area contributed by atoms with Crippen molar-refractivity contribution in [2.24, 2.45) is 7.05 Å². The van der Waals surface area contributed by atoms with Gasteiger partial charge in [-0.1, -0.05) is 0 Å². The maximum absolute atomic E-state index is 5.29. The van der Waals surface area contributed by atoms with E-state index in [0.717, 1.165) is 34.7 Å². The van der Waals surface area contributed by atoms with Crippen molar-refractivity contribution >= 4 is 15.9 Å². The molecular formula is C12H12BrN5O. The van der Waals surface area contributed by atoms with Gasteiger partial charge in [-0.3, -0.25) is 9.78 Å². The Morgan fingerprint density at radius 2 is 2.32 bits per heavy atom. The summed E-state index contributed by atoms with van der Waals surface area (Å²) in [6.07, 6.45) is 3.24. The fourth-order valence-corrected chi connectivity index (χ4v) is 2.31. The third-order valence-electron chi connectivity index (χ3n) is 2.80. The number of aromatic nitrogens is 5. The second kappa shape index (κ2) is 5.00. The first-order valence-corrected chi connectivity index (χ1v) is 6.65. The van der Waals surface area contributed by atoms with Gasteiger partial charge in [0.15, 0.2) is 5.82 Å². The molecule has 1 N–H and O–H groups in total. The molecule has 0 aliphatic carbocycles. The van der Waals surface area contributed by atoms with Crippen LogP contribution in [0.5, 0.6) is 0 Å². The first-order valence-electron chi connectivity index (χ1n) is 5.86. The number of nitrogens with one attached hydrogen (secondary N) is 1. The Labute approximate surface area is 118 Å². The van der Waals surface area contributed by atoms with Gasteiger partial charge in [-0.05, 0) is 28.1 Å². The zero-order valence-corrected chi connectivity index (χ0v) is 11.9. The largest absolute Gasteiger partial charge is 0.469 e. The molecule has 0 saturated carbocycles. The Hall–Kier alpha value is -1.89. The van der Waals surface area contributed by atoms with Crippen LogP contribution in [0.2, 0.25) is 0 Å². The molecule has 6 nitrogen and oxygen atoms in total. The summed E-state index contributed by atoms with van der Waals surface area (Å²) in [4.78, 5) is 4.46. The van der Waals surface area contributed by atoms with Crippen LogP contribution in [0.4, 0.5) is 0 Å². The Morgan fingerprint density at radius 3 is 3.00 bits per heavy atom. The van der Waals surface area contributed by atoms with Gasteiger partial charge in [-0.25, -0.2) is 4.98 Å². The van der Waals surface area contributed by atoms with Gasteiger partial charge in [-0.2, -0.15) is 10.2 Å². The molecule has 0 aromatic carbocycles. The average molecular weight is 322 g/mol. The van der Waals surface area contributed by atoms with Crippen LogP contribution in [-0.2, 0) is 19.9 Å². The summed E-state index contributed by atoms with van der Waals surface area (Å²) in [6, 6.07) is 5.73. The van der Waals surface area contributed by atoms with Crippen LogP contribution in [0, 0.1) is 0 Å². The number of aryl methyl sites for hydroxylation is 3. The molecular weight excluding hydrogens is 310 g/mol. The number of halogens is 1. The van der Waals surface area contributed by atoms with Gasteiger partial charge in [0.1, 0.15) is 21.9 Å². The third kappa shape index (κ3) is 2.60. The van der Waals surface area contributed by atoms with E-state index < -0.39 is 0 Å². The van der Waals surface area contributed by atoms with Crippen molar-refractivity contribution in [1.82, 2.24) is 25.0 Å². The first kappa shape index (κ1) is 12.2.